The van der Waals surface area contributed by atoms with Gasteiger partial charge in [0.15, 0.2) is 5.65 Å². The topological polar surface area (TPSA) is 96.8 Å². The number of amides is 2. The van der Waals surface area contributed by atoms with Crippen LogP contribution in [0.15, 0.2) is 54.6 Å². The molecule has 8 nitrogen and oxygen atoms in total. The Bertz CT molecular complexity index is 1760. The summed E-state index contributed by atoms with van der Waals surface area (Å²) in [5, 5.41) is 4.78. The van der Waals surface area contributed by atoms with Crippen LogP contribution in [0.4, 0.5) is 10.1 Å². The highest BCUT2D eigenvalue weighted by atomic mass is 19.1. The predicted octanol–water partition coefficient (Wildman–Crippen LogP) is 5.51. The van der Waals surface area contributed by atoms with E-state index in [0.717, 1.165) is 43.6 Å². The Morgan fingerprint density at radius 3 is 2.56 bits per heavy atom. The van der Waals surface area contributed by atoms with Gasteiger partial charge in [0.1, 0.15) is 11.5 Å². The molecule has 0 spiro atoms. The first-order valence-corrected chi connectivity index (χ1v) is 15.3. The molecular weight excluding hydrogens is 543 g/mol. The van der Waals surface area contributed by atoms with Crippen LogP contribution in [0, 0.1) is 17.2 Å². The normalized spacial score (nSPS) is 20.5. The van der Waals surface area contributed by atoms with Gasteiger partial charge in [-0.1, -0.05) is 38.1 Å². The van der Waals surface area contributed by atoms with E-state index in [4.69, 9.17) is 15.8 Å². The summed E-state index contributed by atoms with van der Waals surface area (Å²) in [4.78, 5) is 34.5. The first-order chi connectivity index (χ1) is 20.6. The molecule has 4 aromatic rings. The van der Waals surface area contributed by atoms with E-state index < -0.39 is 5.41 Å². The number of nitrogens with zero attached hydrogens (tertiary/aromatic N) is 5. The van der Waals surface area contributed by atoms with Gasteiger partial charge in [0.05, 0.1) is 11.7 Å². The zero-order valence-corrected chi connectivity index (χ0v) is 24.9. The molecule has 43 heavy (non-hydrogen) atoms. The number of primary amides is 1. The lowest BCUT2D eigenvalue weighted by Gasteiger charge is -2.35. The van der Waals surface area contributed by atoms with Gasteiger partial charge in [-0.05, 0) is 73.9 Å². The quantitative estimate of drug-likeness (QED) is 0.325. The molecular formula is C34H37FN6O2. The maximum absolute atomic E-state index is 15.6. The van der Waals surface area contributed by atoms with Crippen molar-refractivity contribution in [2.24, 2.45) is 17.1 Å². The number of hydrogen-bond donors (Lipinski definition) is 1. The molecule has 4 heterocycles. The zero-order chi connectivity index (χ0) is 30.0. The Labute approximate surface area is 250 Å². The number of carbonyl (C=O) groups excluding carboxylic acids is 2. The van der Waals surface area contributed by atoms with Crippen molar-refractivity contribution in [1.82, 2.24) is 19.5 Å². The van der Waals surface area contributed by atoms with E-state index in [9.17, 15) is 9.59 Å². The van der Waals surface area contributed by atoms with Crippen molar-refractivity contribution in [1.29, 1.82) is 0 Å². The van der Waals surface area contributed by atoms with Gasteiger partial charge in [-0.2, -0.15) is 5.10 Å². The first kappa shape index (κ1) is 27.6. The largest absolute Gasteiger partial charge is 0.371 e. The van der Waals surface area contributed by atoms with Crippen LogP contribution < -0.4 is 10.6 Å². The molecule has 222 valence electrons. The lowest BCUT2D eigenvalue weighted by Crippen LogP contribution is -2.39. The van der Waals surface area contributed by atoms with Crippen LogP contribution in [0.1, 0.15) is 79.3 Å². The third-order valence-electron chi connectivity index (χ3n) is 9.96. The summed E-state index contributed by atoms with van der Waals surface area (Å²) in [7, 11) is 0. The van der Waals surface area contributed by atoms with E-state index in [1.54, 1.807) is 22.7 Å². The number of rotatable bonds is 6. The molecule has 1 saturated heterocycles. The van der Waals surface area contributed by atoms with Gasteiger partial charge in [-0.3, -0.25) is 9.59 Å². The van der Waals surface area contributed by atoms with Gasteiger partial charge < -0.3 is 15.5 Å². The molecule has 2 atom stereocenters. The summed E-state index contributed by atoms with van der Waals surface area (Å²) >= 11 is 0. The second-order valence-corrected chi connectivity index (χ2v) is 12.9. The highest BCUT2D eigenvalue weighted by Gasteiger charge is 2.39. The molecule has 1 aliphatic carbocycles. The molecule has 2 amide bonds. The monoisotopic (exact) mass is 580 g/mol. The fraction of sp³-hybridized carbons (Fsp3) is 0.412. The Balaban J connectivity index is 1.18. The standard InChI is InChI=1S/C34H37FN6O2/c1-20-25-7-5-4-6-21(25)12-15-40(20)32(42)29-17-30(22-8-9-22)41-31(37-29)18-28(38-41)26-11-10-24(16-27(26)35)39-14-13-23(19-39)34(2,3)33(36)43/h4-7,10-11,16-18,20,22-23H,8-9,12-15,19H2,1-3H3,(H2,36,43)/t20-,23-/m1/s1. The number of fused-ring (bicyclic) bond motifs is 2. The Morgan fingerprint density at radius 2 is 1.81 bits per heavy atom. The molecule has 9 heteroatoms. The molecule has 2 aliphatic heterocycles. The number of benzene rings is 2. The predicted molar refractivity (Wildman–Crippen MR) is 163 cm³/mol. The smallest absolute Gasteiger partial charge is 0.273 e. The molecule has 0 radical (unpaired) electrons. The van der Waals surface area contributed by atoms with E-state index in [1.165, 1.54) is 11.1 Å². The van der Waals surface area contributed by atoms with E-state index in [0.29, 0.717) is 41.6 Å². The summed E-state index contributed by atoms with van der Waals surface area (Å²) in [6, 6.07) is 17.1. The van der Waals surface area contributed by atoms with E-state index in [2.05, 4.69) is 24.0 Å². The third kappa shape index (κ3) is 4.75. The molecule has 0 unspecified atom stereocenters. The van der Waals surface area contributed by atoms with Crippen molar-refractivity contribution in [3.63, 3.8) is 0 Å². The van der Waals surface area contributed by atoms with Crippen LogP contribution in [0.25, 0.3) is 16.9 Å². The number of anilines is 1. The fourth-order valence-corrected chi connectivity index (χ4v) is 6.80. The van der Waals surface area contributed by atoms with Gasteiger partial charge >= 0.3 is 0 Å². The van der Waals surface area contributed by atoms with Crippen LogP contribution in [0.3, 0.4) is 0 Å². The Kier molecular flexibility index (Phi) is 6.52. The van der Waals surface area contributed by atoms with Gasteiger partial charge in [0.2, 0.25) is 5.91 Å². The van der Waals surface area contributed by atoms with Crippen molar-refractivity contribution in [2.75, 3.05) is 24.5 Å². The summed E-state index contributed by atoms with van der Waals surface area (Å²) in [6.07, 6.45) is 3.70. The molecule has 0 bridgehead atoms. The number of aromatic nitrogens is 3. The van der Waals surface area contributed by atoms with E-state index >= 15 is 4.39 Å². The second-order valence-electron chi connectivity index (χ2n) is 12.9. The SMILES string of the molecule is C[C@@H]1c2ccccc2CCN1C(=O)c1cc(C2CC2)n2nc(-c3ccc(N4CC[C@@H](C(C)(C)C(N)=O)C4)cc3F)cc2n1. The third-order valence-corrected chi connectivity index (χ3v) is 9.96. The number of hydrogen-bond acceptors (Lipinski definition) is 5. The summed E-state index contributed by atoms with van der Waals surface area (Å²) in [6.45, 7) is 7.86. The van der Waals surface area contributed by atoms with E-state index in [1.807, 2.05) is 43.0 Å². The molecule has 2 N–H and O–H groups in total. The highest BCUT2D eigenvalue weighted by Crippen LogP contribution is 2.41. The minimum absolute atomic E-state index is 0.0410. The highest BCUT2D eigenvalue weighted by molar-refractivity contribution is 5.93. The van der Waals surface area contributed by atoms with Crippen LogP contribution >= 0.6 is 0 Å². The average molecular weight is 581 g/mol. The van der Waals surface area contributed by atoms with Crippen LogP contribution in [0.2, 0.25) is 0 Å². The van der Waals surface area contributed by atoms with Gasteiger partial charge in [0, 0.05) is 54.0 Å². The zero-order valence-electron chi connectivity index (χ0n) is 24.9. The number of nitrogens with two attached hydrogens (primary N) is 1. The molecule has 2 fully saturated rings. The number of halogens is 1. The van der Waals surface area contributed by atoms with Crippen molar-refractivity contribution >= 4 is 23.1 Å². The molecule has 2 aromatic heterocycles. The van der Waals surface area contributed by atoms with Gasteiger partial charge in [0.25, 0.3) is 5.91 Å². The fourth-order valence-electron chi connectivity index (χ4n) is 6.80. The minimum Gasteiger partial charge on any atom is -0.371 e. The van der Waals surface area contributed by atoms with Gasteiger partial charge in [-0.25, -0.2) is 13.9 Å². The van der Waals surface area contributed by atoms with Crippen LogP contribution in [0.5, 0.6) is 0 Å². The summed E-state index contributed by atoms with van der Waals surface area (Å²) in [5.74, 6) is -0.355. The lowest BCUT2D eigenvalue weighted by molar-refractivity contribution is -0.128. The van der Waals surface area contributed by atoms with Crippen LogP contribution in [-0.2, 0) is 11.2 Å². The Hall–Kier alpha value is -4.27. The van der Waals surface area contributed by atoms with Crippen molar-refractivity contribution in [2.45, 2.75) is 58.4 Å². The molecule has 1 saturated carbocycles. The second kappa shape index (κ2) is 10.2. The summed E-state index contributed by atoms with van der Waals surface area (Å²) in [5.41, 5.74) is 11.0. The lowest BCUT2D eigenvalue weighted by atomic mass is 9.78. The summed E-state index contributed by atoms with van der Waals surface area (Å²) < 4.78 is 17.4. The van der Waals surface area contributed by atoms with Crippen molar-refractivity contribution in [3.05, 3.63) is 82.9 Å². The first-order valence-electron chi connectivity index (χ1n) is 15.3. The maximum atomic E-state index is 15.6. The average Bonchev–Trinajstić information content (AvgIpc) is 3.54. The van der Waals surface area contributed by atoms with Crippen LogP contribution in [-0.4, -0.2) is 50.9 Å². The molecule has 7 rings (SSSR count). The minimum atomic E-state index is -0.618. The van der Waals surface area contributed by atoms with Crippen molar-refractivity contribution in [3.8, 4) is 11.3 Å². The number of carbonyl (C=O) groups is 2. The molecule has 3 aliphatic rings. The maximum Gasteiger partial charge on any atom is 0.273 e. The van der Waals surface area contributed by atoms with E-state index in [-0.39, 0.29) is 29.6 Å². The molecule has 2 aromatic carbocycles. The van der Waals surface area contributed by atoms with Gasteiger partial charge in [-0.15, -0.1) is 0 Å². The van der Waals surface area contributed by atoms with Crippen molar-refractivity contribution < 1.29 is 14.0 Å². The Morgan fingerprint density at radius 1 is 1.02 bits per heavy atom.